The maximum absolute atomic E-state index is 12.8. The van der Waals surface area contributed by atoms with Crippen molar-refractivity contribution < 1.29 is 14.3 Å². The molecule has 0 bridgehead atoms. The van der Waals surface area contributed by atoms with E-state index in [2.05, 4.69) is 12.1 Å². The molecule has 0 unspecified atom stereocenters. The number of carbonyl (C=O) groups is 1. The molecule has 2 aliphatic rings. The Morgan fingerprint density at radius 1 is 0.844 bits per heavy atom. The molecule has 3 aromatic carbocycles. The second-order valence-corrected chi connectivity index (χ2v) is 8.50. The first-order valence-corrected chi connectivity index (χ1v) is 11.2. The molecule has 5 rings (SSSR count). The molecule has 0 radical (unpaired) electrons. The lowest BCUT2D eigenvalue weighted by molar-refractivity contribution is 0.103. The Labute approximate surface area is 188 Å². The Morgan fingerprint density at radius 2 is 1.50 bits per heavy atom. The van der Waals surface area contributed by atoms with Gasteiger partial charge in [-0.2, -0.15) is 0 Å². The van der Waals surface area contributed by atoms with Gasteiger partial charge in [0.2, 0.25) is 0 Å². The molecule has 2 atom stereocenters. The van der Waals surface area contributed by atoms with Crippen LogP contribution in [-0.4, -0.2) is 31.8 Å². The molecule has 4 heteroatoms. The number of methoxy groups -OCH3 is 2. The van der Waals surface area contributed by atoms with Gasteiger partial charge in [-0.15, -0.1) is 0 Å². The van der Waals surface area contributed by atoms with Crippen LogP contribution in [0.3, 0.4) is 0 Å². The topological polar surface area (TPSA) is 47.9 Å². The van der Waals surface area contributed by atoms with Crippen LogP contribution in [0.1, 0.15) is 64.2 Å². The molecule has 0 amide bonds. The second kappa shape index (κ2) is 8.62. The van der Waals surface area contributed by atoms with Gasteiger partial charge in [-0.05, 0) is 30.5 Å². The van der Waals surface area contributed by atoms with Crippen LogP contribution in [-0.2, 0) is 0 Å². The van der Waals surface area contributed by atoms with Crippen molar-refractivity contribution in [2.45, 2.75) is 37.6 Å². The molecule has 0 spiro atoms. The molecule has 0 N–H and O–H groups in total. The van der Waals surface area contributed by atoms with Crippen LogP contribution in [0.15, 0.2) is 71.7 Å². The molecule has 32 heavy (non-hydrogen) atoms. The molecule has 162 valence electrons. The van der Waals surface area contributed by atoms with E-state index < -0.39 is 0 Å². The summed E-state index contributed by atoms with van der Waals surface area (Å²) in [5.74, 6) is 1.92. The predicted octanol–water partition coefficient (Wildman–Crippen LogP) is 5.81. The Kier molecular flexibility index (Phi) is 5.52. The number of nitrogens with zero attached hydrogens (tertiary/aromatic N) is 1. The number of aliphatic imine (C=N–C) groups is 1. The highest BCUT2D eigenvalue weighted by Gasteiger charge is 2.34. The van der Waals surface area contributed by atoms with E-state index in [9.17, 15) is 4.79 Å². The molecule has 0 saturated heterocycles. The third-order valence-corrected chi connectivity index (χ3v) is 6.69. The van der Waals surface area contributed by atoms with E-state index in [1.165, 1.54) is 18.4 Å². The van der Waals surface area contributed by atoms with Gasteiger partial charge in [0.15, 0.2) is 17.3 Å². The summed E-state index contributed by atoms with van der Waals surface area (Å²) in [5.41, 5.74) is 5.77. The van der Waals surface area contributed by atoms with Gasteiger partial charge in [-0.3, -0.25) is 9.79 Å². The van der Waals surface area contributed by atoms with Gasteiger partial charge in [-0.1, -0.05) is 67.4 Å². The normalized spacial score (nSPS) is 19.4. The minimum Gasteiger partial charge on any atom is -0.493 e. The van der Waals surface area contributed by atoms with Crippen LogP contribution in [0, 0.1) is 0 Å². The number of fused-ring (bicyclic) bond motifs is 3. The minimum atomic E-state index is 0.0295. The van der Waals surface area contributed by atoms with Gasteiger partial charge in [0.25, 0.3) is 0 Å². The molecular weight excluding hydrogens is 398 g/mol. The zero-order chi connectivity index (χ0) is 22.1. The summed E-state index contributed by atoms with van der Waals surface area (Å²) in [4.78, 5) is 18.0. The molecule has 1 fully saturated rings. The summed E-state index contributed by atoms with van der Waals surface area (Å²) >= 11 is 0. The van der Waals surface area contributed by atoms with E-state index in [4.69, 9.17) is 14.5 Å². The Balaban J connectivity index is 1.56. The van der Waals surface area contributed by atoms with Gasteiger partial charge in [-0.25, -0.2) is 0 Å². The van der Waals surface area contributed by atoms with Crippen LogP contribution in [0.5, 0.6) is 11.5 Å². The van der Waals surface area contributed by atoms with Crippen molar-refractivity contribution in [2.75, 3.05) is 14.2 Å². The van der Waals surface area contributed by atoms with E-state index in [1.807, 2.05) is 54.6 Å². The molecule has 1 heterocycles. The summed E-state index contributed by atoms with van der Waals surface area (Å²) < 4.78 is 11.2. The summed E-state index contributed by atoms with van der Waals surface area (Å²) in [6.07, 6.45) is 4.70. The number of benzene rings is 3. The van der Waals surface area contributed by atoms with Crippen molar-refractivity contribution in [2.24, 2.45) is 4.99 Å². The first-order valence-electron chi connectivity index (χ1n) is 11.2. The fourth-order valence-corrected chi connectivity index (χ4v) is 5.04. The number of ketones is 1. The number of ether oxygens (including phenoxy) is 2. The fraction of sp³-hybridized carbons (Fsp3) is 0.286. The smallest absolute Gasteiger partial charge is 0.193 e. The highest BCUT2D eigenvalue weighted by molar-refractivity contribution is 6.16. The molecule has 1 aliphatic carbocycles. The molecule has 3 aromatic rings. The van der Waals surface area contributed by atoms with Gasteiger partial charge < -0.3 is 9.47 Å². The van der Waals surface area contributed by atoms with Crippen LogP contribution in [0.2, 0.25) is 0 Å². The molecule has 1 saturated carbocycles. The van der Waals surface area contributed by atoms with Crippen LogP contribution < -0.4 is 9.47 Å². The Bertz CT molecular complexity index is 1170. The lowest BCUT2D eigenvalue weighted by Crippen LogP contribution is -2.29. The SMILES string of the molecule is COc1cc2c(cc1OC)[C@H]1CCCC[C@H]1N=C2c1ccc(C(=O)c2ccccc2)cc1. The molecular formula is C28H27NO3. The monoisotopic (exact) mass is 425 g/mol. The van der Waals surface area contributed by atoms with Crippen molar-refractivity contribution in [3.05, 3.63) is 94.5 Å². The third kappa shape index (κ3) is 3.60. The zero-order valence-corrected chi connectivity index (χ0v) is 18.5. The number of carbonyl (C=O) groups excluding carboxylic acids is 1. The zero-order valence-electron chi connectivity index (χ0n) is 18.5. The van der Waals surface area contributed by atoms with E-state index in [0.29, 0.717) is 22.8 Å². The van der Waals surface area contributed by atoms with Crippen molar-refractivity contribution in [1.82, 2.24) is 0 Å². The predicted molar refractivity (Wildman–Crippen MR) is 126 cm³/mol. The Hall–Kier alpha value is -3.40. The average Bonchev–Trinajstić information content (AvgIpc) is 2.87. The number of rotatable bonds is 5. The second-order valence-electron chi connectivity index (χ2n) is 8.50. The number of hydrogen-bond acceptors (Lipinski definition) is 4. The first kappa shape index (κ1) is 20.5. The summed E-state index contributed by atoms with van der Waals surface area (Å²) in [6, 6.07) is 21.7. The average molecular weight is 426 g/mol. The lowest BCUT2D eigenvalue weighted by atomic mass is 9.75. The van der Waals surface area contributed by atoms with E-state index in [1.54, 1.807) is 14.2 Å². The van der Waals surface area contributed by atoms with Crippen molar-refractivity contribution >= 4 is 11.5 Å². The van der Waals surface area contributed by atoms with Gasteiger partial charge in [0.05, 0.1) is 26.0 Å². The minimum absolute atomic E-state index is 0.0295. The van der Waals surface area contributed by atoms with Crippen molar-refractivity contribution in [1.29, 1.82) is 0 Å². The van der Waals surface area contributed by atoms with Gasteiger partial charge >= 0.3 is 0 Å². The fourth-order valence-electron chi connectivity index (χ4n) is 5.04. The molecule has 4 nitrogen and oxygen atoms in total. The maximum atomic E-state index is 12.8. The number of hydrogen-bond donors (Lipinski definition) is 0. The van der Waals surface area contributed by atoms with E-state index in [0.717, 1.165) is 35.4 Å². The van der Waals surface area contributed by atoms with Crippen LogP contribution in [0.4, 0.5) is 0 Å². The summed E-state index contributed by atoms with van der Waals surface area (Å²) in [6.45, 7) is 0. The van der Waals surface area contributed by atoms with E-state index >= 15 is 0 Å². The van der Waals surface area contributed by atoms with Crippen molar-refractivity contribution in [3.8, 4) is 11.5 Å². The standard InChI is InChI=1S/C28H27NO3/c1-31-25-16-22-21-10-6-7-11-24(21)29-27(23(22)17-26(25)32-2)18-12-14-20(15-13-18)28(30)19-8-4-3-5-9-19/h3-5,8-9,12-17,21,24H,6-7,10-11H2,1-2H3/t21-,24-/m1/s1. The van der Waals surface area contributed by atoms with Gasteiger partial charge in [0, 0.05) is 28.2 Å². The molecule has 0 aromatic heterocycles. The van der Waals surface area contributed by atoms with Crippen LogP contribution >= 0.6 is 0 Å². The van der Waals surface area contributed by atoms with E-state index in [-0.39, 0.29) is 11.8 Å². The summed E-state index contributed by atoms with van der Waals surface area (Å²) in [5, 5.41) is 0. The highest BCUT2D eigenvalue weighted by Crippen LogP contribution is 2.44. The first-order chi connectivity index (χ1) is 15.7. The molecule has 1 aliphatic heterocycles. The van der Waals surface area contributed by atoms with Gasteiger partial charge in [0.1, 0.15) is 0 Å². The third-order valence-electron chi connectivity index (χ3n) is 6.69. The van der Waals surface area contributed by atoms with Crippen LogP contribution in [0.25, 0.3) is 0 Å². The largest absolute Gasteiger partial charge is 0.493 e. The quantitative estimate of drug-likeness (QED) is 0.485. The Morgan fingerprint density at radius 3 is 2.22 bits per heavy atom. The highest BCUT2D eigenvalue weighted by atomic mass is 16.5. The maximum Gasteiger partial charge on any atom is 0.193 e. The van der Waals surface area contributed by atoms with Crippen molar-refractivity contribution in [3.63, 3.8) is 0 Å². The lowest BCUT2D eigenvalue weighted by Gasteiger charge is -2.35. The summed E-state index contributed by atoms with van der Waals surface area (Å²) in [7, 11) is 3.35.